The maximum absolute atomic E-state index is 13.2. The highest BCUT2D eigenvalue weighted by molar-refractivity contribution is 7.22. The summed E-state index contributed by atoms with van der Waals surface area (Å²) in [5, 5.41) is 1.33. The highest BCUT2D eigenvalue weighted by Gasteiger charge is 2.27. The second kappa shape index (κ2) is 7.35. The number of nitrogens with zero attached hydrogens (tertiary/aromatic N) is 2. The Labute approximate surface area is 161 Å². The summed E-state index contributed by atoms with van der Waals surface area (Å²) < 4.78 is 6.85. The lowest BCUT2D eigenvalue weighted by Gasteiger charge is -2.23. The zero-order valence-corrected chi connectivity index (χ0v) is 16.0. The fourth-order valence-electron chi connectivity index (χ4n) is 3.18. The summed E-state index contributed by atoms with van der Waals surface area (Å²) in [6, 6.07) is 13.1. The van der Waals surface area contributed by atoms with Crippen molar-refractivity contribution < 1.29 is 9.53 Å². The number of hydrogen-bond donors (Lipinski definition) is 0. The number of hydrogen-bond acceptors (Lipinski definition) is 4. The standard InChI is InChI=1S/C20H19ClN2O2S/c1-13-4-2-6-17-18(13)22-20(26-17)23(12-16-5-3-11-25-16)19(24)14-7-9-15(21)10-8-14/h2,4,6-10,16H,3,5,11-12H2,1H3. The molecule has 4 rings (SSSR count). The molecule has 0 radical (unpaired) electrons. The molecule has 3 aromatic rings. The van der Waals surface area contributed by atoms with Gasteiger partial charge < -0.3 is 4.74 Å². The summed E-state index contributed by atoms with van der Waals surface area (Å²) in [6.07, 6.45) is 2.06. The lowest BCUT2D eigenvalue weighted by Crippen LogP contribution is -2.37. The van der Waals surface area contributed by atoms with E-state index in [1.54, 1.807) is 40.5 Å². The Hall–Kier alpha value is -1.95. The summed E-state index contributed by atoms with van der Waals surface area (Å²) in [7, 11) is 0. The fourth-order valence-corrected chi connectivity index (χ4v) is 4.36. The first kappa shape index (κ1) is 17.5. The van der Waals surface area contributed by atoms with Gasteiger partial charge in [0.15, 0.2) is 5.13 Å². The van der Waals surface area contributed by atoms with Gasteiger partial charge in [-0.05, 0) is 55.7 Å². The van der Waals surface area contributed by atoms with Crippen LogP contribution in [0.5, 0.6) is 0 Å². The normalized spacial score (nSPS) is 16.9. The maximum atomic E-state index is 13.2. The predicted molar refractivity (Wildman–Crippen MR) is 106 cm³/mol. The van der Waals surface area contributed by atoms with E-state index in [9.17, 15) is 4.79 Å². The number of para-hydroxylation sites is 1. The van der Waals surface area contributed by atoms with E-state index in [1.807, 2.05) is 25.1 Å². The van der Waals surface area contributed by atoms with Crippen molar-refractivity contribution in [2.24, 2.45) is 0 Å². The van der Waals surface area contributed by atoms with Crippen LogP contribution < -0.4 is 4.90 Å². The number of amides is 1. The Morgan fingerprint density at radius 1 is 1.31 bits per heavy atom. The third-order valence-corrected chi connectivity index (χ3v) is 5.88. The second-order valence-corrected chi connectivity index (χ2v) is 7.92. The van der Waals surface area contributed by atoms with Gasteiger partial charge in [-0.15, -0.1) is 0 Å². The number of carbonyl (C=O) groups excluding carboxylic acids is 1. The molecule has 134 valence electrons. The molecule has 1 unspecified atom stereocenters. The number of thiazole rings is 1. The van der Waals surface area contributed by atoms with Crippen LogP contribution in [0.4, 0.5) is 5.13 Å². The van der Waals surface area contributed by atoms with Gasteiger partial charge in [0, 0.05) is 17.2 Å². The van der Waals surface area contributed by atoms with E-state index in [1.165, 1.54) is 0 Å². The Kier molecular flexibility index (Phi) is 4.94. The molecule has 4 nitrogen and oxygen atoms in total. The molecule has 1 aliphatic heterocycles. The van der Waals surface area contributed by atoms with E-state index in [0.29, 0.717) is 22.3 Å². The third kappa shape index (κ3) is 3.47. The average Bonchev–Trinajstić information content (AvgIpc) is 3.30. The minimum atomic E-state index is -0.0751. The smallest absolute Gasteiger partial charge is 0.260 e. The largest absolute Gasteiger partial charge is 0.376 e. The second-order valence-electron chi connectivity index (χ2n) is 6.48. The lowest BCUT2D eigenvalue weighted by molar-refractivity contribution is 0.0917. The molecule has 1 amide bonds. The van der Waals surface area contributed by atoms with Crippen molar-refractivity contribution in [1.29, 1.82) is 0 Å². The first-order valence-electron chi connectivity index (χ1n) is 8.67. The summed E-state index contributed by atoms with van der Waals surface area (Å²) in [5.74, 6) is -0.0751. The summed E-state index contributed by atoms with van der Waals surface area (Å²) in [6.45, 7) is 3.31. The van der Waals surface area contributed by atoms with Gasteiger partial charge in [-0.3, -0.25) is 9.69 Å². The van der Waals surface area contributed by atoms with Crippen molar-refractivity contribution in [1.82, 2.24) is 4.98 Å². The van der Waals surface area contributed by atoms with Crippen molar-refractivity contribution in [3.63, 3.8) is 0 Å². The SMILES string of the molecule is Cc1cccc2sc(N(CC3CCCO3)C(=O)c3ccc(Cl)cc3)nc12. The van der Waals surface area contributed by atoms with Crippen LogP contribution >= 0.6 is 22.9 Å². The number of fused-ring (bicyclic) bond motifs is 1. The molecule has 1 saturated heterocycles. The number of halogens is 1. The van der Waals surface area contributed by atoms with Crippen molar-refractivity contribution >= 4 is 44.2 Å². The van der Waals surface area contributed by atoms with Crippen LogP contribution in [0.15, 0.2) is 42.5 Å². The molecule has 6 heteroatoms. The molecular formula is C20H19ClN2O2S. The van der Waals surface area contributed by atoms with Gasteiger partial charge in [-0.1, -0.05) is 35.1 Å². The van der Waals surface area contributed by atoms with Gasteiger partial charge >= 0.3 is 0 Å². The van der Waals surface area contributed by atoms with Crippen LogP contribution in [0, 0.1) is 6.92 Å². The molecule has 1 fully saturated rings. The molecule has 0 bridgehead atoms. The Morgan fingerprint density at radius 3 is 2.81 bits per heavy atom. The zero-order chi connectivity index (χ0) is 18.1. The Bertz CT molecular complexity index is 933. The van der Waals surface area contributed by atoms with E-state index in [-0.39, 0.29) is 12.0 Å². The van der Waals surface area contributed by atoms with Crippen LogP contribution in [0.3, 0.4) is 0 Å². The third-order valence-electron chi connectivity index (χ3n) is 4.59. The average molecular weight is 387 g/mol. The first-order valence-corrected chi connectivity index (χ1v) is 9.86. The summed E-state index contributed by atoms with van der Waals surface area (Å²) in [4.78, 5) is 19.7. The van der Waals surface area contributed by atoms with E-state index >= 15 is 0 Å². The molecule has 0 saturated carbocycles. The fraction of sp³-hybridized carbons (Fsp3) is 0.300. The van der Waals surface area contributed by atoms with Crippen molar-refractivity contribution in [3.05, 3.63) is 58.6 Å². The molecule has 0 spiro atoms. The summed E-state index contributed by atoms with van der Waals surface area (Å²) >= 11 is 7.51. The zero-order valence-electron chi connectivity index (χ0n) is 14.4. The van der Waals surface area contributed by atoms with Crippen LogP contribution in [-0.4, -0.2) is 30.1 Å². The number of aryl methyl sites for hydroxylation is 1. The molecule has 1 aliphatic rings. The number of carbonyl (C=O) groups is 1. The molecular weight excluding hydrogens is 368 g/mol. The maximum Gasteiger partial charge on any atom is 0.260 e. The molecule has 0 N–H and O–H groups in total. The molecule has 2 aromatic carbocycles. The van der Waals surface area contributed by atoms with Crippen LogP contribution in [0.25, 0.3) is 10.2 Å². The van der Waals surface area contributed by atoms with Crippen molar-refractivity contribution in [2.45, 2.75) is 25.9 Å². The number of benzene rings is 2. The molecule has 2 heterocycles. The van der Waals surface area contributed by atoms with Crippen LogP contribution in [-0.2, 0) is 4.74 Å². The topological polar surface area (TPSA) is 42.4 Å². The number of rotatable bonds is 4. The van der Waals surface area contributed by atoms with Crippen molar-refractivity contribution in [3.8, 4) is 0 Å². The van der Waals surface area contributed by atoms with Crippen molar-refractivity contribution in [2.75, 3.05) is 18.1 Å². The number of ether oxygens (including phenoxy) is 1. The number of aromatic nitrogens is 1. The van der Waals surface area contributed by atoms with E-state index in [0.717, 1.165) is 35.2 Å². The van der Waals surface area contributed by atoms with E-state index < -0.39 is 0 Å². The molecule has 0 aliphatic carbocycles. The van der Waals surface area contributed by atoms with Crippen LogP contribution in [0.2, 0.25) is 5.02 Å². The minimum Gasteiger partial charge on any atom is -0.376 e. The molecule has 1 aromatic heterocycles. The van der Waals surface area contributed by atoms with Gasteiger partial charge in [0.05, 0.1) is 22.9 Å². The highest BCUT2D eigenvalue weighted by Crippen LogP contribution is 2.32. The van der Waals surface area contributed by atoms with E-state index in [4.69, 9.17) is 21.3 Å². The summed E-state index contributed by atoms with van der Waals surface area (Å²) in [5.41, 5.74) is 2.66. The lowest BCUT2D eigenvalue weighted by atomic mass is 10.2. The highest BCUT2D eigenvalue weighted by atomic mass is 35.5. The monoisotopic (exact) mass is 386 g/mol. The Morgan fingerprint density at radius 2 is 2.12 bits per heavy atom. The molecule has 26 heavy (non-hydrogen) atoms. The quantitative estimate of drug-likeness (QED) is 0.627. The molecule has 1 atom stereocenters. The van der Waals surface area contributed by atoms with Gasteiger partial charge in [0.2, 0.25) is 0 Å². The van der Waals surface area contributed by atoms with Gasteiger partial charge in [0.25, 0.3) is 5.91 Å². The minimum absolute atomic E-state index is 0.0550. The predicted octanol–water partition coefficient (Wildman–Crippen LogP) is 5.08. The van der Waals surface area contributed by atoms with E-state index in [2.05, 4.69) is 0 Å². The van der Waals surface area contributed by atoms with Gasteiger partial charge in [-0.2, -0.15) is 0 Å². The Balaban J connectivity index is 1.72. The van der Waals surface area contributed by atoms with Gasteiger partial charge in [-0.25, -0.2) is 4.98 Å². The van der Waals surface area contributed by atoms with Gasteiger partial charge in [0.1, 0.15) is 0 Å². The number of anilines is 1. The first-order chi connectivity index (χ1) is 12.6. The van der Waals surface area contributed by atoms with Crippen LogP contribution in [0.1, 0.15) is 28.8 Å².